The van der Waals surface area contributed by atoms with Gasteiger partial charge >= 0.3 is 5.91 Å². The SMILES string of the molecule is CNC(CCCN)C(=O)Nc1ccc(OC)c(C([NH3+])=O)c1. The van der Waals surface area contributed by atoms with Crippen molar-refractivity contribution in [3.05, 3.63) is 23.8 Å². The van der Waals surface area contributed by atoms with E-state index in [9.17, 15) is 9.59 Å². The molecule has 0 aromatic heterocycles. The Morgan fingerprint density at radius 1 is 1.43 bits per heavy atom. The fourth-order valence-corrected chi connectivity index (χ4v) is 1.96. The van der Waals surface area contributed by atoms with Crippen LogP contribution in [0.5, 0.6) is 5.75 Å². The van der Waals surface area contributed by atoms with E-state index >= 15 is 0 Å². The third kappa shape index (κ3) is 4.82. The number of ether oxygens (including phenoxy) is 1. The van der Waals surface area contributed by atoms with Gasteiger partial charge < -0.3 is 21.1 Å². The van der Waals surface area contributed by atoms with Crippen molar-refractivity contribution in [2.24, 2.45) is 5.73 Å². The fraction of sp³-hybridized carbons (Fsp3) is 0.429. The largest absolute Gasteiger partial charge is 0.496 e. The van der Waals surface area contributed by atoms with Crippen molar-refractivity contribution in [3.8, 4) is 5.75 Å². The molecule has 1 aromatic rings. The maximum Gasteiger partial charge on any atom is 0.344 e. The van der Waals surface area contributed by atoms with Crippen LogP contribution in [-0.4, -0.2) is 38.6 Å². The number of quaternary nitrogens is 1. The van der Waals surface area contributed by atoms with Crippen LogP contribution in [0.15, 0.2) is 18.2 Å². The van der Waals surface area contributed by atoms with Gasteiger partial charge in [0.2, 0.25) is 5.91 Å². The van der Waals surface area contributed by atoms with E-state index in [-0.39, 0.29) is 17.9 Å². The highest BCUT2D eigenvalue weighted by Crippen LogP contribution is 2.22. The van der Waals surface area contributed by atoms with Crippen molar-refractivity contribution >= 4 is 17.5 Å². The van der Waals surface area contributed by atoms with E-state index in [1.54, 1.807) is 25.2 Å². The molecule has 21 heavy (non-hydrogen) atoms. The van der Waals surface area contributed by atoms with Gasteiger partial charge in [-0.2, -0.15) is 0 Å². The molecular weight excluding hydrogens is 272 g/mol. The smallest absolute Gasteiger partial charge is 0.344 e. The van der Waals surface area contributed by atoms with Gasteiger partial charge in [0.15, 0.2) is 0 Å². The van der Waals surface area contributed by atoms with Crippen molar-refractivity contribution < 1.29 is 20.1 Å². The van der Waals surface area contributed by atoms with E-state index < -0.39 is 0 Å². The van der Waals surface area contributed by atoms with Crippen molar-refractivity contribution in [2.45, 2.75) is 18.9 Å². The zero-order valence-corrected chi connectivity index (χ0v) is 12.4. The number of likely N-dealkylation sites (N-methyl/N-ethyl adjacent to an activating group) is 1. The van der Waals surface area contributed by atoms with Crippen LogP contribution in [0.1, 0.15) is 23.2 Å². The Bertz CT molecular complexity index is 505. The average Bonchev–Trinajstić information content (AvgIpc) is 2.47. The number of methoxy groups -OCH3 is 1. The molecule has 1 atom stereocenters. The lowest BCUT2D eigenvalue weighted by molar-refractivity contribution is -0.255. The number of hydrogen-bond acceptors (Lipinski definition) is 5. The topological polar surface area (TPSA) is 121 Å². The van der Waals surface area contributed by atoms with Gasteiger partial charge in [-0.25, -0.2) is 4.79 Å². The molecule has 0 fully saturated rings. The Kier molecular flexibility index (Phi) is 6.80. The normalized spacial score (nSPS) is 11.8. The maximum absolute atomic E-state index is 12.1. The van der Waals surface area contributed by atoms with Crippen molar-refractivity contribution in [3.63, 3.8) is 0 Å². The molecule has 1 unspecified atom stereocenters. The first-order chi connectivity index (χ1) is 10.0. The highest BCUT2D eigenvalue weighted by Gasteiger charge is 2.18. The number of nitrogens with one attached hydrogen (secondary N) is 2. The van der Waals surface area contributed by atoms with Gasteiger partial charge in [0, 0.05) is 5.69 Å². The summed E-state index contributed by atoms with van der Waals surface area (Å²) in [5.41, 5.74) is 9.68. The van der Waals surface area contributed by atoms with E-state index in [1.165, 1.54) is 7.11 Å². The monoisotopic (exact) mass is 295 g/mol. The first-order valence-corrected chi connectivity index (χ1v) is 6.76. The molecule has 0 aliphatic carbocycles. The summed E-state index contributed by atoms with van der Waals surface area (Å²) in [5.74, 6) is -0.101. The van der Waals surface area contributed by atoms with Crippen LogP contribution in [0.4, 0.5) is 5.69 Å². The summed E-state index contributed by atoms with van der Waals surface area (Å²) in [5, 5.41) is 5.72. The first-order valence-electron chi connectivity index (χ1n) is 6.76. The molecule has 116 valence electrons. The lowest BCUT2D eigenvalue weighted by Gasteiger charge is -2.16. The highest BCUT2D eigenvalue weighted by molar-refractivity contribution is 5.97. The molecule has 7 nitrogen and oxygen atoms in total. The number of amides is 2. The minimum Gasteiger partial charge on any atom is -0.496 e. The molecule has 0 heterocycles. The summed E-state index contributed by atoms with van der Waals surface area (Å²) in [4.78, 5) is 23.6. The van der Waals surface area contributed by atoms with Gasteiger partial charge in [-0.15, -0.1) is 0 Å². The number of rotatable bonds is 8. The Labute approximate surface area is 124 Å². The van der Waals surface area contributed by atoms with Crippen LogP contribution in [0.25, 0.3) is 0 Å². The predicted octanol–water partition coefficient (Wildman–Crippen LogP) is -0.657. The second-order valence-electron chi connectivity index (χ2n) is 4.60. The zero-order chi connectivity index (χ0) is 15.8. The second kappa shape index (κ2) is 8.35. The Morgan fingerprint density at radius 2 is 2.14 bits per heavy atom. The molecule has 1 rings (SSSR count). The number of anilines is 1. The van der Waals surface area contributed by atoms with Gasteiger partial charge in [-0.3, -0.25) is 10.5 Å². The molecule has 0 aliphatic heterocycles. The summed E-state index contributed by atoms with van der Waals surface area (Å²) >= 11 is 0. The van der Waals surface area contributed by atoms with E-state index in [4.69, 9.17) is 10.5 Å². The lowest BCUT2D eigenvalue weighted by atomic mass is 10.1. The Morgan fingerprint density at radius 3 is 2.67 bits per heavy atom. The molecule has 0 spiro atoms. The van der Waals surface area contributed by atoms with Crippen LogP contribution in [0, 0.1) is 0 Å². The third-order valence-corrected chi connectivity index (χ3v) is 3.13. The predicted molar refractivity (Wildman–Crippen MR) is 80.0 cm³/mol. The lowest BCUT2D eigenvalue weighted by Crippen LogP contribution is -2.56. The van der Waals surface area contributed by atoms with Gasteiger partial charge in [0.05, 0.1) is 13.2 Å². The van der Waals surface area contributed by atoms with Gasteiger partial charge in [0.1, 0.15) is 11.3 Å². The molecule has 0 radical (unpaired) electrons. The van der Waals surface area contributed by atoms with E-state index in [2.05, 4.69) is 16.4 Å². The van der Waals surface area contributed by atoms with Crippen LogP contribution in [-0.2, 0) is 4.79 Å². The third-order valence-electron chi connectivity index (χ3n) is 3.13. The van der Waals surface area contributed by atoms with Crippen LogP contribution >= 0.6 is 0 Å². The average molecular weight is 295 g/mol. The summed E-state index contributed by atoms with van der Waals surface area (Å²) in [6.07, 6.45) is 1.40. The molecule has 7 N–H and O–H groups in total. The van der Waals surface area contributed by atoms with Crippen LogP contribution in [0.2, 0.25) is 0 Å². The van der Waals surface area contributed by atoms with Gasteiger partial charge in [0.25, 0.3) is 0 Å². The highest BCUT2D eigenvalue weighted by atomic mass is 16.5. The molecule has 0 saturated carbocycles. The Balaban J connectivity index is 2.84. The quantitative estimate of drug-likeness (QED) is 0.507. The molecule has 1 aromatic carbocycles. The molecule has 0 aliphatic rings. The minimum atomic E-state index is -0.365. The van der Waals surface area contributed by atoms with E-state index in [1.807, 2.05) is 0 Å². The summed E-state index contributed by atoms with van der Waals surface area (Å²) in [6, 6.07) is 4.54. The number of carbonyl (C=O) groups excluding carboxylic acids is 2. The number of hydrogen-bond donors (Lipinski definition) is 4. The molecule has 0 bridgehead atoms. The maximum atomic E-state index is 12.1. The van der Waals surface area contributed by atoms with Crippen molar-refractivity contribution in [1.82, 2.24) is 5.32 Å². The zero-order valence-electron chi connectivity index (χ0n) is 12.4. The second-order valence-corrected chi connectivity index (χ2v) is 4.60. The molecule has 2 amide bonds. The number of benzene rings is 1. The number of carbonyl (C=O) groups is 2. The molecular formula is C14H23N4O3+. The summed E-state index contributed by atoms with van der Waals surface area (Å²) in [7, 11) is 3.20. The summed E-state index contributed by atoms with van der Waals surface area (Å²) < 4.78 is 5.09. The standard InChI is InChI=1S/C14H22N4O3/c1-17-11(4-3-7-15)14(20)18-9-5-6-12(21-2)10(8-9)13(16)19/h5-6,8,11,17H,3-4,7,15H2,1-2H3,(H2,16,19)(H,18,20)/p+1. The van der Waals surface area contributed by atoms with E-state index in [0.29, 0.717) is 30.0 Å². The molecule has 7 heteroatoms. The van der Waals surface area contributed by atoms with Gasteiger partial charge in [-0.05, 0) is 44.6 Å². The first kappa shape index (κ1) is 17.1. The fourth-order valence-electron chi connectivity index (χ4n) is 1.96. The Hall–Kier alpha value is -1.96. The van der Waals surface area contributed by atoms with Gasteiger partial charge in [-0.1, -0.05) is 0 Å². The van der Waals surface area contributed by atoms with E-state index in [0.717, 1.165) is 6.42 Å². The minimum absolute atomic E-state index is 0.168. The van der Waals surface area contributed by atoms with Crippen molar-refractivity contribution in [2.75, 3.05) is 26.0 Å². The van der Waals surface area contributed by atoms with Crippen LogP contribution < -0.4 is 26.8 Å². The van der Waals surface area contributed by atoms with Crippen molar-refractivity contribution in [1.29, 1.82) is 0 Å². The molecule has 0 saturated heterocycles. The van der Waals surface area contributed by atoms with Crippen LogP contribution in [0.3, 0.4) is 0 Å². The summed E-state index contributed by atoms with van der Waals surface area (Å²) in [6.45, 7) is 0.536. The number of nitrogens with two attached hydrogens (primary N) is 1.